The van der Waals surface area contributed by atoms with E-state index >= 15 is 0 Å². The average Bonchev–Trinajstić information content (AvgIpc) is 2.39. The van der Waals surface area contributed by atoms with E-state index in [0.29, 0.717) is 40.9 Å². The van der Waals surface area contributed by atoms with E-state index < -0.39 is 0 Å². The fraction of sp³-hybridized carbons (Fsp3) is 0.357. The molecule has 0 bridgehead atoms. The first-order valence-electron chi connectivity index (χ1n) is 6.05. The van der Waals surface area contributed by atoms with Crippen molar-refractivity contribution in [3.05, 3.63) is 46.0 Å². The van der Waals surface area contributed by atoms with Gasteiger partial charge in [-0.15, -0.1) is 12.4 Å². The molecule has 110 valence electrons. The summed E-state index contributed by atoms with van der Waals surface area (Å²) >= 11 is 11.8. The molecule has 1 aromatic carbocycles. The highest BCUT2D eigenvalue weighted by Gasteiger charge is 2.18. The van der Waals surface area contributed by atoms with E-state index in [2.05, 4.69) is 11.5 Å². The third-order valence-corrected chi connectivity index (χ3v) is 3.56. The lowest BCUT2D eigenvalue weighted by molar-refractivity contribution is 0.0418. The lowest BCUT2D eigenvalue weighted by Crippen LogP contribution is -2.38. The molecule has 1 aliphatic rings. The molecule has 1 fully saturated rings. The molecule has 0 radical (unpaired) electrons. The monoisotopic (exact) mass is 335 g/mol. The zero-order valence-corrected chi connectivity index (χ0v) is 13.2. The van der Waals surface area contributed by atoms with Crippen LogP contribution in [0, 0.1) is 0 Å². The van der Waals surface area contributed by atoms with Gasteiger partial charge in [-0.2, -0.15) is 0 Å². The largest absolute Gasteiger partial charge is 0.379 e. The summed E-state index contributed by atoms with van der Waals surface area (Å²) in [7, 11) is 0. The van der Waals surface area contributed by atoms with E-state index in [1.54, 1.807) is 18.2 Å². The molecule has 1 heterocycles. The molecular formula is C14H16Cl3NO2. The number of hydrogen-bond donors (Lipinski definition) is 0. The molecule has 0 N–H and O–H groups in total. The Morgan fingerprint density at radius 1 is 1.30 bits per heavy atom. The minimum atomic E-state index is -0.131. The highest BCUT2D eigenvalue weighted by Crippen LogP contribution is 2.23. The molecule has 2 rings (SSSR count). The van der Waals surface area contributed by atoms with Gasteiger partial charge in [0.1, 0.15) is 0 Å². The Kier molecular flexibility index (Phi) is 7.00. The maximum absolute atomic E-state index is 12.3. The molecule has 0 saturated carbocycles. The Morgan fingerprint density at radius 2 is 1.95 bits per heavy atom. The van der Waals surface area contributed by atoms with Crippen LogP contribution in [0.2, 0.25) is 10.0 Å². The van der Waals surface area contributed by atoms with Gasteiger partial charge in [0.15, 0.2) is 5.78 Å². The Morgan fingerprint density at radius 3 is 2.55 bits per heavy atom. The molecule has 1 saturated heterocycles. The third-order valence-electron chi connectivity index (χ3n) is 3.02. The van der Waals surface area contributed by atoms with E-state index in [-0.39, 0.29) is 18.2 Å². The summed E-state index contributed by atoms with van der Waals surface area (Å²) in [5.41, 5.74) is 0.982. The number of ketones is 1. The number of carbonyl (C=O) groups excluding carboxylic acids is 1. The first kappa shape index (κ1) is 17.5. The van der Waals surface area contributed by atoms with E-state index in [1.165, 1.54) is 0 Å². The summed E-state index contributed by atoms with van der Waals surface area (Å²) < 4.78 is 5.27. The second kappa shape index (κ2) is 8.01. The maximum Gasteiger partial charge on any atom is 0.191 e. The Bertz CT molecular complexity index is 499. The van der Waals surface area contributed by atoms with Crippen LogP contribution in [0.3, 0.4) is 0 Å². The quantitative estimate of drug-likeness (QED) is 0.623. The normalized spacial score (nSPS) is 15.5. The second-order valence-corrected chi connectivity index (χ2v) is 5.29. The molecule has 0 aliphatic carbocycles. The number of carbonyl (C=O) groups is 1. The highest BCUT2D eigenvalue weighted by atomic mass is 35.5. The predicted molar refractivity (Wildman–Crippen MR) is 84.4 cm³/mol. The molecule has 1 aliphatic heterocycles. The molecule has 0 aromatic heterocycles. The number of Topliss-reactive ketones (excluding diaryl/α,β-unsaturated/α-hetero) is 1. The summed E-state index contributed by atoms with van der Waals surface area (Å²) in [6, 6.07) is 4.86. The van der Waals surface area contributed by atoms with E-state index in [4.69, 9.17) is 27.9 Å². The van der Waals surface area contributed by atoms with Crippen LogP contribution in [0.4, 0.5) is 0 Å². The molecule has 0 amide bonds. The van der Waals surface area contributed by atoms with Crippen LogP contribution in [0.25, 0.3) is 0 Å². The van der Waals surface area contributed by atoms with Gasteiger partial charge in [-0.3, -0.25) is 9.69 Å². The van der Waals surface area contributed by atoms with Gasteiger partial charge in [0.05, 0.1) is 18.2 Å². The molecule has 1 aromatic rings. The Labute approximate surface area is 134 Å². The van der Waals surface area contributed by atoms with Gasteiger partial charge in [0.25, 0.3) is 0 Å². The summed E-state index contributed by atoms with van der Waals surface area (Å²) in [4.78, 5) is 14.4. The number of nitrogens with zero attached hydrogens (tertiary/aromatic N) is 1. The van der Waals surface area contributed by atoms with Gasteiger partial charge in [0.2, 0.25) is 0 Å². The van der Waals surface area contributed by atoms with Crippen LogP contribution < -0.4 is 0 Å². The average molecular weight is 337 g/mol. The van der Waals surface area contributed by atoms with Crippen molar-refractivity contribution in [1.29, 1.82) is 0 Å². The van der Waals surface area contributed by atoms with Crippen LogP contribution in [0.15, 0.2) is 30.4 Å². The van der Waals surface area contributed by atoms with Crippen LogP contribution >= 0.6 is 35.6 Å². The minimum Gasteiger partial charge on any atom is -0.379 e. The smallest absolute Gasteiger partial charge is 0.191 e. The Balaban J connectivity index is 0.00000200. The van der Waals surface area contributed by atoms with Crippen molar-refractivity contribution in [2.24, 2.45) is 0 Å². The number of hydrogen-bond acceptors (Lipinski definition) is 3. The lowest BCUT2D eigenvalue weighted by Gasteiger charge is -2.26. The second-order valence-electron chi connectivity index (χ2n) is 4.45. The Hall–Kier alpha value is -0.580. The van der Waals surface area contributed by atoms with E-state index in [0.717, 1.165) is 13.1 Å². The maximum atomic E-state index is 12.3. The number of rotatable bonds is 4. The first-order chi connectivity index (χ1) is 9.08. The van der Waals surface area contributed by atoms with Gasteiger partial charge in [-0.1, -0.05) is 29.8 Å². The minimum absolute atomic E-state index is 0. The molecule has 0 spiro atoms. The van der Waals surface area contributed by atoms with Crippen molar-refractivity contribution in [2.75, 3.05) is 32.8 Å². The summed E-state index contributed by atoms with van der Waals surface area (Å²) in [6.45, 7) is 7.44. The first-order valence-corrected chi connectivity index (χ1v) is 6.81. The molecule has 3 nitrogen and oxygen atoms in total. The molecule has 0 unspecified atom stereocenters. The van der Waals surface area contributed by atoms with E-state index in [9.17, 15) is 4.79 Å². The molecule has 6 heteroatoms. The standard InChI is InChI=1S/C14H15Cl2NO2.ClH/c1-10(9-17-4-6-19-7-5-17)14(18)12-3-2-11(15)8-13(12)16;/h2-3,8H,1,4-7,9H2;1H. The van der Waals surface area contributed by atoms with Crippen LogP contribution in [0.1, 0.15) is 10.4 Å². The fourth-order valence-corrected chi connectivity index (χ4v) is 2.46. The van der Waals surface area contributed by atoms with Crippen molar-refractivity contribution in [1.82, 2.24) is 4.90 Å². The fourth-order valence-electron chi connectivity index (χ4n) is 1.97. The number of morpholine rings is 1. The number of ether oxygens (including phenoxy) is 1. The van der Waals surface area contributed by atoms with Gasteiger partial charge in [-0.25, -0.2) is 0 Å². The summed E-state index contributed by atoms with van der Waals surface area (Å²) in [5.74, 6) is -0.131. The van der Waals surface area contributed by atoms with Gasteiger partial charge in [0, 0.05) is 35.8 Å². The van der Waals surface area contributed by atoms with Crippen LogP contribution in [-0.4, -0.2) is 43.5 Å². The molecule has 20 heavy (non-hydrogen) atoms. The zero-order chi connectivity index (χ0) is 13.8. The zero-order valence-electron chi connectivity index (χ0n) is 10.9. The summed E-state index contributed by atoms with van der Waals surface area (Å²) in [5, 5.41) is 0.876. The third kappa shape index (κ3) is 4.47. The van der Waals surface area contributed by atoms with Crippen molar-refractivity contribution in [2.45, 2.75) is 0 Å². The number of halogens is 3. The predicted octanol–water partition coefficient (Wildman–Crippen LogP) is 3.49. The van der Waals surface area contributed by atoms with Gasteiger partial charge < -0.3 is 4.74 Å². The van der Waals surface area contributed by atoms with Crippen molar-refractivity contribution in [3.63, 3.8) is 0 Å². The molecular weight excluding hydrogens is 321 g/mol. The topological polar surface area (TPSA) is 29.5 Å². The SMILES string of the molecule is C=C(CN1CCOCC1)C(=O)c1ccc(Cl)cc1Cl.Cl. The van der Waals surface area contributed by atoms with Crippen LogP contribution in [-0.2, 0) is 4.74 Å². The highest BCUT2D eigenvalue weighted by molar-refractivity contribution is 6.37. The van der Waals surface area contributed by atoms with Crippen molar-refractivity contribution in [3.8, 4) is 0 Å². The summed E-state index contributed by atoms with van der Waals surface area (Å²) in [6.07, 6.45) is 0. The number of benzene rings is 1. The van der Waals surface area contributed by atoms with Gasteiger partial charge >= 0.3 is 0 Å². The van der Waals surface area contributed by atoms with Crippen LogP contribution in [0.5, 0.6) is 0 Å². The van der Waals surface area contributed by atoms with Gasteiger partial charge in [-0.05, 0) is 18.2 Å². The lowest BCUT2D eigenvalue weighted by atomic mass is 10.0. The van der Waals surface area contributed by atoms with Crippen molar-refractivity contribution >= 4 is 41.4 Å². The van der Waals surface area contributed by atoms with E-state index in [1.807, 2.05) is 0 Å². The van der Waals surface area contributed by atoms with Crippen molar-refractivity contribution < 1.29 is 9.53 Å². The molecule has 0 atom stereocenters.